The lowest BCUT2D eigenvalue weighted by Gasteiger charge is -2.38. The highest BCUT2D eigenvalue weighted by Crippen LogP contribution is 2.47. The smallest absolute Gasteiger partial charge is 0.372 e. The predicted molar refractivity (Wildman–Crippen MR) is 146 cm³/mol. The molecular formula is C30H37F3N4O2. The first-order valence-corrected chi connectivity index (χ1v) is 14.1. The van der Waals surface area contributed by atoms with Gasteiger partial charge in [0.25, 0.3) is 5.91 Å². The van der Waals surface area contributed by atoms with Crippen LogP contribution in [0.3, 0.4) is 0 Å². The second kappa shape index (κ2) is 11.6. The quantitative estimate of drug-likeness (QED) is 0.570. The fourth-order valence-electron chi connectivity index (χ4n) is 6.20. The average Bonchev–Trinajstić information content (AvgIpc) is 3.74. The summed E-state index contributed by atoms with van der Waals surface area (Å²) in [7, 11) is 0. The molecular weight excluding hydrogens is 505 g/mol. The number of hydrogen-bond acceptors (Lipinski definition) is 4. The van der Waals surface area contributed by atoms with Crippen LogP contribution in [0.1, 0.15) is 60.9 Å². The summed E-state index contributed by atoms with van der Waals surface area (Å²) in [5, 5.41) is 3.22. The van der Waals surface area contributed by atoms with Crippen molar-refractivity contribution in [1.29, 1.82) is 0 Å². The average molecular weight is 543 g/mol. The van der Waals surface area contributed by atoms with E-state index in [1.807, 2.05) is 23.1 Å². The summed E-state index contributed by atoms with van der Waals surface area (Å²) < 4.78 is 42.1. The fourth-order valence-corrected chi connectivity index (χ4v) is 6.20. The summed E-state index contributed by atoms with van der Waals surface area (Å²) in [6, 6.07) is 13.4. The molecule has 0 aromatic heterocycles. The van der Waals surface area contributed by atoms with Crippen LogP contribution in [0.15, 0.2) is 48.5 Å². The van der Waals surface area contributed by atoms with Gasteiger partial charge in [0.1, 0.15) is 0 Å². The third-order valence-corrected chi connectivity index (χ3v) is 8.55. The molecule has 0 radical (unpaired) electrons. The Labute approximate surface area is 228 Å². The summed E-state index contributed by atoms with van der Waals surface area (Å²) in [4.78, 5) is 31.3. The van der Waals surface area contributed by atoms with Crippen LogP contribution in [0, 0.1) is 5.41 Å². The Bertz CT molecular complexity index is 1140. The molecule has 2 aromatic rings. The van der Waals surface area contributed by atoms with Gasteiger partial charge in [0, 0.05) is 44.0 Å². The lowest BCUT2D eigenvalue weighted by atomic mass is 9.77. The van der Waals surface area contributed by atoms with E-state index in [9.17, 15) is 22.8 Å². The van der Waals surface area contributed by atoms with E-state index in [1.54, 1.807) is 23.1 Å². The molecule has 39 heavy (non-hydrogen) atoms. The minimum Gasteiger partial charge on any atom is -0.372 e. The number of likely N-dealkylation sites (tertiary alicyclic amines) is 1. The monoisotopic (exact) mass is 542 g/mol. The summed E-state index contributed by atoms with van der Waals surface area (Å²) in [5.74, 6) is -0.326. The molecule has 0 aliphatic carbocycles. The number of amides is 2. The number of piperidine rings is 1. The Morgan fingerprint density at radius 3 is 2.05 bits per heavy atom. The lowest BCUT2D eigenvalue weighted by Crippen LogP contribution is -2.46. The van der Waals surface area contributed by atoms with Gasteiger partial charge >= 0.3 is 6.18 Å². The molecule has 4 aliphatic rings. The van der Waals surface area contributed by atoms with Gasteiger partial charge in [-0.2, -0.15) is 13.2 Å². The maximum Gasteiger partial charge on any atom is 0.418 e. The van der Waals surface area contributed by atoms with Crippen molar-refractivity contribution in [2.24, 2.45) is 5.41 Å². The number of anilines is 2. The normalized spacial score (nSPS) is 20.9. The molecule has 9 heteroatoms. The summed E-state index contributed by atoms with van der Waals surface area (Å²) in [6.45, 7) is 5.11. The molecule has 0 atom stereocenters. The molecule has 4 aliphatic heterocycles. The molecule has 6 rings (SSSR count). The first-order valence-electron chi connectivity index (χ1n) is 14.1. The standard InChI is InChI=1S/C26H28F3N3O2.C4H9N/c27-26(28,29)21-18-20(30-13-4-5-14-30)8-9-22(21)32-17-12-25(24(32)34)10-15-31(16-11-25)23(33)19-6-2-1-3-7-19;1-2-4-5-3-1/h1-3,6-9,18H,4-5,10-17H2;5H,1-4H2. The van der Waals surface area contributed by atoms with E-state index in [-0.39, 0.29) is 24.0 Å². The molecule has 210 valence electrons. The van der Waals surface area contributed by atoms with Crippen molar-refractivity contribution in [2.75, 3.05) is 55.6 Å². The molecule has 2 amide bonds. The Morgan fingerprint density at radius 1 is 0.821 bits per heavy atom. The minimum absolute atomic E-state index is 0.0555. The molecule has 1 spiro atoms. The topological polar surface area (TPSA) is 55.9 Å². The van der Waals surface area contributed by atoms with Crippen molar-refractivity contribution in [3.05, 3.63) is 59.7 Å². The Balaban J connectivity index is 0.000000555. The van der Waals surface area contributed by atoms with Crippen LogP contribution in [-0.4, -0.2) is 62.5 Å². The van der Waals surface area contributed by atoms with Gasteiger partial charge in [-0.05, 0) is 88.4 Å². The minimum atomic E-state index is -4.55. The second-order valence-corrected chi connectivity index (χ2v) is 11.0. The molecule has 4 heterocycles. The number of rotatable bonds is 3. The molecule has 1 N–H and O–H groups in total. The van der Waals surface area contributed by atoms with Gasteiger partial charge in [-0.15, -0.1) is 0 Å². The lowest BCUT2D eigenvalue weighted by molar-refractivity contribution is -0.137. The molecule has 4 fully saturated rings. The zero-order chi connectivity index (χ0) is 27.5. The first kappa shape index (κ1) is 27.5. The molecule has 2 aromatic carbocycles. The van der Waals surface area contributed by atoms with E-state index in [0.29, 0.717) is 43.6 Å². The van der Waals surface area contributed by atoms with Crippen LogP contribution < -0.4 is 15.1 Å². The van der Waals surface area contributed by atoms with Crippen molar-refractivity contribution in [1.82, 2.24) is 10.2 Å². The number of carbonyl (C=O) groups excluding carboxylic acids is 2. The van der Waals surface area contributed by atoms with Gasteiger partial charge in [-0.3, -0.25) is 9.59 Å². The highest BCUT2D eigenvalue weighted by Gasteiger charge is 2.50. The highest BCUT2D eigenvalue weighted by molar-refractivity contribution is 6.01. The first-order chi connectivity index (χ1) is 18.8. The van der Waals surface area contributed by atoms with Gasteiger partial charge in [0.15, 0.2) is 0 Å². The van der Waals surface area contributed by atoms with E-state index < -0.39 is 17.2 Å². The summed E-state index contributed by atoms with van der Waals surface area (Å²) in [6.07, 6.45) is 1.61. The Kier molecular flexibility index (Phi) is 8.16. The van der Waals surface area contributed by atoms with E-state index >= 15 is 0 Å². The molecule has 0 unspecified atom stereocenters. The summed E-state index contributed by atoms with van der Waals surface area (Å²) >= 11 is 0. The van der Waals surface area contributed by atoms with E-state index in [1.165, 1.54) is 43.0 Å². The third-order valence-electron chi connectivity index (χ3n) is 8.55. The fraction of sp³-hybridized carbons (Fsp3) is 0.533. The van der Waals surface area contributed by atoms with Crippen molar-refractivity contribution in [2.45, 2.75) is 51.1 Å². The Morgan fingerprint density at radius 2 is 1.46 bits per heavy atom. The van der Waals surface area contributed by atoms with Crippen LogP contribution in [-0.2, 0) is 11.0 Å². The maximum absolute atomic E-state index is 14.0. The number of hydrogen-bond donors (Lipinski definition) is 1. The van der Waals surface area contributed by atoms with Crippen LogP contribution in [0.5, 0.6) is 0 Å². The number of alkyl halides is 3. The molecule has 6 nitrogen and oxygen atoms in total. The Hall–Kier alpha value is -3.07. The zero-order valence-electron chi connectivity index (χ0n) is 22.3. The van der Waals surface area contributed by atoms with Gasteiger partial charge in [-0.1, -0.05) is 18.2 Å². The second-order valence-electron chi connectivity index (χ2n) is 11.0. The van der Waals surface area contributed by atoms with E-state index in [2.05, 4.69) is 5.32 Å². The number of carbonyl (C=O) groups is 2. The highest BCUT2D eigenvalue weighted by atomic mass is 19.4. The van der Waals surface area contributed by atoms with Gasteiger partial charge in [0.2, 0.25) is 5.91 Å². The van der Waals surface area contributed by atoms with Crippen LogP contribution >= 0.6 is 0 Å². The van der Waals surface area contributed by atoms with E-state index in [0.717, 1.165) is 25.9 Å². The summed E-state index contributed by atoms with van der Waals surface area (Å²) in [5.41, 5.74) is -0.350. The van der Waals surface area contributed by atoms with Gasteiger partial charge in [-0.25, -0.2) is 0 Å². The number of halogens is 3. The van der Waals surface area contributed by atoms with Crippen LogP contribution in [0.25, 0.3) is 0 Å². The number of nitrogens with zero attached hydrogens (tertiary/aromatic N) is 3. The van der Waals surface area contributed by atoms with Crippen molar-refractivity contribution in [3.8, 4) is 0 Å². The number of nitrogens with one attached hydrogen (secondary N) is 1. The molecule has 4 saturated heterocycles. The van der Waals surface area contributed by atoms with Gasteiger partial charge < -0.3 is 20.0 Å². The largest absolute Gasteiger partial charge is 0.418 e. The SMILES string of the molecule is C1CCNC1.O=C(c1ccccc1)N1CCC2(CC1)CCN(c1ccc(N3CCCC3)cc1C(F)(F)F)C2=O. The van der Waals surface area contributed by atoms with Crippen molar-refractivity contribution in [3.63, 3.8) is 0 Å². The zero-order valence-corrected chi connectivity index (χ0v) is 22.3. The van der Waals surface area contributed by atoms with Crippen molar-refractivity contribution < 1.29 is 22.8 Å². The predicted octanol–water partition coefficient (Wildman–Crippen LogP) is 5.33. The van der Waals surface area contributed by atoms with Crippen molar-refractivity contribution >= 4 is 23.2 Å². The van der Waals surface area contributed by atoms with E-state index in [4.69, 9.17) is 0 Å². The van der Waals surface area contributed by atoms with Gasteiger partial charge in [0.05, 0.1) is 16.7 Å². The van der Waals surface area contributed by atoms with Crippen LogP contribution in [0.2, 0.25) is 0 Å². The number of benzene rings is 2. The third kappa shape index (κ3) is 5.93. The maximum atomic E-state index is 14.0. The molecule has 0 saturated carbocycles. The molecule has 0 bridgehead atoms. The van der Waals surface area contributed by atoms with Crippen LogP contribution in [0.4, 0.5) is 24.5 Å².